The van der Waals surface area contributed by atoms with E-state index in [1.165, 1.54) is 0 Å². The quantitative estimate of drug-likeness (QED) is 0.323. The highest BCUT2D eigenvalue weighted by molar-refractivity contribution is 5.00. The maximum absolute atomic E-state index is 9.23. The number of rotatable bonds is 15. The Morgan fingerprint density at radius 1 is 0.625 bits per heavy atom. The Hall–Kier alpha value is -1.34. The topological polar surface area (TPSA) is 20.2 Å². The van der Waals surface area contributed by atoms with Crippen molar-refractivity contribution >= 4 is 0 Å². The standard InChI is InChI=1S/C23H38O/c1-3-5-6-7-8-9-10-11-12-13-14-15-16-17-18-19-21-23(22-24)20-4-2/h5-6,8-9,11-12,14-15,17-18,23-24H,3-4,7,10,13,16,19-22H2,1-2H3. The highest BCUT2D eigenvalue weighted by Crippen LogP contribution is 2.12. The summed E-state index contributed by atoms with van der Waals surface area (Å²) >= 11 is 0. The molecule has 0 amide bonds. The first-order valence-corrected chi connectivity index (χ1v) is 9.70. The molecule has 0 aromatic carbocycles. The summed E-state index contributed by atoms with van der Waals surface area (Å²) in [6.45, 7) is 4.67. The first-order chi connectivity index (χ1) is 11.8. The van der Waals surface area contributed by atoms with Crippen molar-refractivity contribution in [3.63, 3.8) is 0 Å². The van der Waals surface area contributed by atoms with Crippen LogP contribution >= 0.6 is 0 Å². The molecule has 1 heteroatoms. The Balaban J connectivity index is 3.56. The van der Waals surface area contributed by atoms with E-state index in [-0.39, 0.29) is 0 Å². The molecule has 136 valence electrons. The molecule has 0 aliphatic carbocycles. The van der Waals surface area contributed by atoms with Gasteiger partial charge in [0.15, 0.2) is 0 Å². The van der Waals surface area contributed by atoms with Crippen LogP contribution in [-0.4, -0.2) is 11.7 Å². The van der Waals surface area contributed by atoms with E-state index in [1.807, 2.05) is 0 Å². The molecule has 0 aliphatic rings. The lowest BCUT2D eigenvalue weighted by molar-refractivity contribution is 0.210. The Morgan fingerprint density at radius 3 is 1.50 bits per heavy atom. The molecule has 1 nitrogen and oxygen atoms in total. The molecular weight excluding hydrogens is 292 g/mol. The predicted molar refractivity (Wildman–Crippen MR) is 109 cm³/mol. The zero-order chi connectivity index (χ0) is 17.7. The highest BCUT2D eigenvalue weighted by atomic mass is 16.3. The molecule has 0 heterocycles. The van der Waals surface area contributed by atoms with E-state index < -0.39 is 0 Å². The molecular formula is C23H38O. The predicted octanol–water partition coefficient (Wildman–Crippen LogP) is 6.93. The van der Waals surface area contributed by atoms with Gasteiger partial charge in [-0.05, 0) is 57.3 Å². The van der Waals surface area contributed by atoms with Crippen LogP contribution < -0.4 is 0 Å². The fourth-order valence-corrected chi connectivity index (χ4v) is 2.44. The van der Waals surface area contributed by atoms with Gasteiger partial charge < -0.3 is 5.11 Å². The van der Waals surface area contributed by atoms with E-state index in [9.17, 15) is 5.11 Å². The van der Waals surface area contributed by atoms with Crippen LogP contribution in [0.25, 0.3) is 0 Å². The van der Waals surface area contributed by atoms with E-state index >= 15 is 0 Å². The van der Waals surface area contributed by atoms with Crippen LogP contribution in [0.3, 0.4) is 0 Å². The molecule has 0 spiro atoms. The zero-order valence-corrected chi connectivity index (χ0v) is 15.9. The minimum Gasteiger partial charge on any atom is -0.396 e. The Kier molecular flexibility index (Phi) is 18.6. The van der Waals surface area contributed by atoms with Gasteiger partial charge in [0, 0.05) is 6.61 Å². The van der Waals surface area contributed by atoms with Crippen LogP contribution in [-0.2, 0) is 0 Å². The van der Waals surface area contributed by atoms with Gasteiger partial charge in [0.1, 0.15) is 0 Å². The van der Waals surface area contributed by atoms with Crippen molar-refractivity contribution in [1.29, 1.82) is 0 Å². The summed E-state index contributed by atoms with van der Waals surface area (Å²) < 4.78 is 0. The smallest absolute Gasteiger partial charge is 0.0459 e. The van der Waals surface area contributed by atoms with Crippen molar-refractivity contribution in [3.8, 4) is 0 Å². The van der Waals surface area contributed by atoms with Crippen LogP contribution in [0, 0.1) is 5.92 Å². The molecule has 1 atom stereocenters. The van der Waals surface area contributed by atoms with Crippen LogP contribution in [0.4, 0.5) is 0 Å². The normalized spacial score (nSPS) is 14.3. The SMILES string of the molecule is CCC=CCC=CCC=CCC=CCC=CCCC(CO)CCC. The molecule has 24 heavy (non-hydrogen) atoms. The van der Waals surface area contributed by atoms with E-state index in [1.54, 1.807) is 0 Å². The average Bonchev–Trinajstić information content (AvgIpc) is 2.60. The second-order valence-corrected chi connectivity index (χ2v) is 6.12. The van der Waals surface area contributed by atoms with Crippen molar-refractivity contribution < 1.29 is 5.11 Å². The Bertz CT molecular complexity index is 385. The van der Waals surface area contributed by atoms with Gasteiger partial charge in [0.05, 0.1) is 0 Å². The maximum atomic E-state index is 9.23. The minimum absolute atomic E-state index is 0.332. The van der Waals surface area contributed by atoms with Crippen molar-refractivity contribution in [1.82, 2.24) is 0 Å². The van der Waals surface area contributed by atoms with Gasteiger partial charge in [0.2, 0.25) is 0 Å². The first kappa shape index (κ1) is 22.7. The molecule has 0 radical (unpaired) electrons. The van der Waals surface area contributed by atoms with Crippen molar-refractivity contribution in [3.05, 3.63) is 60.8 Å². The monoisotopic (exact) mass is 330 g/mol. The van der Waals surface area contributed by atoms with Gasteiger partial charge in [-0.15, -0.1) is 0 Å². The van der Waals surface area contributed by atoms with Gasteiger partial charge in [-0.3, -0.25) is 0 Å². The molecule has 1 N–H and O–H groups in total. The van der Waals surface area contributed by atoms with Gasteiger partial charge >= 0.3 is 0 Å². The summed E-state index contributed by atoms with van der Waals surface area (Å²) in [6.07, 6.45) is 31.9. The molecule has 0 bridgehead atoms. The number of aliphatic hydroxyl groups excluding tert-OH is 1. The number of allylic oxidation sites excluding steroid dienone is 10. The molecule has 1 unspecified atom stereocenters. The summed E-state index contributed by atoms with van der Waals surface area (Å²) in [6, 6.07) is 0. The third-order valence-corrected chi connectivity index (χ3v) is 3.85. The highest BCUT2D eigenvalue weighted by Gasteiger charge is 2.03. The lowest BCUT2D eigenvalue weighted by Crippen LogP contribution is -2.04. The maximum Gasteiger partial charge on any atom is 0.0459 e. The van der Waals surface area contributed by atoms with Gasteiger partial charge in [-0.1, -0.05) is 81.0 Å². The van der Waals surface area contributed by atoms with Crippen LogP contribution in [0.5, 0.6) is 0 Å². The van der Waals surface area contributed by atoms with Gasteiger partial charge in [0.25, 0.3) is 0 Å². The molecule has 0 aromatic rings. The Labute approximate surface area is 150 Å². The second-order valence-electron chi connectivity index (χ2n) is 6.12. The Morgan fingerprint density at radius 2 is 1.08 bits per heavy atom. The molecule has 0 aromatic heterocycles. The summed E-state index contributed by atoms with van der Waals surface area (Å²) in [5.74, 6) is 0.483. The van der Waals surface area contributed by atoms with Crippen molar-refractivity contribution in [2.75, 3.05) is 6.61 Å². The largest absolute Gasteiger partial charge is 0.396 e. The minimum atomic E-state index is 0.332. The summed E-state index contributed by atoms with van der Waals surface area (Å²) in [7, 11) is 0. The molecule has 0 fully saturated rings. The molecule has 0 rings (SSSR count). The fraction of sp³-hybridized carbons (Fsp3) is 0.565. The lowest BCUT2D eigenvalue weighted by atomic mass is 9.99. The third-order valence-electron chi connectivity index (χ3n) is 3.85. The summed E-state index contributed by atoms with van der Waals surface area (Å²) in [5.41, 5.74) is 0. The number of aliphatic hydroxyl groups is 1. The van der Waals surface area contributed by atoms with Gasteiger partial charge in [-0.25, -0.2) is 0 Å². The first-order valence-electron chi connectivity index (χ1n) is 9.70. The van der Waals surface area contributed by atoms with Crippen LogP contribution in [0.1, 0.15) is 71.6 Å². The molecule has 0 saturated carbocycles. The fourth-order valence-electron chi connectivity index (χ4n) is 2.44. The van der Waals surface area contributed by atoms with Crippen molar-refractivity contribution in [2.45, 2.75) is 71.6 Å². The van der Waals surface area contributed by atoms with Crippen LogP contribution in [0.15, 0.2) is 60.8 Å². The average molecular weight is 331 g/mol. The molecule has 0 aliphatic heterocycles. The van der Waals surface area contributed by atoms with E-state index in [4.69, 9.17) is 0 Å². The lowest BCUT2D eigenvalue weighted by Gasteiger charge is -2.10. The summed E-state index contributed by atoms with van der Waals surface area (Å²) in [5, 5.41) is 9.23. The second kappa shape index (κ2) is 19.7. The van der Waals surface area contributed by atoms with E-state index in [0.29, 0.717) is 12.5 Å². The summed E-state index contributed by atoms with van der Waals surface area (Å²) in [4.78, 5) is 0. The number of hydrogen-bond donors (Lipinski definition) is 1. The van der Waals surface area contributed by atoms with E-state index in [0.717, 1.165) is 57.8 Å². The van der Waals surface area contributed by atoms with Gasteiger partial charge in [-0.2, -0.15) is 0 Å². The van der Waals surface area contributed by atoms with E-state index in [2.05, 4.69) is 74.6 Å². The third kappa shape index (κ3) is 17.0. The van der Waals surface area contributed by atoms with Crippen LogP contribution in [0.2, 0.25) is 0 Å². The molecule has 0 saturated heterocycles. The zero-order valence-electron chi connectivity index (χ0n) is 15.9. The van der Waals surface area contributed by atoms with Crippen molar-refractivity contribution in [2.24, 2.45) is 5.92 Å². The number of hydrogen-bond acceptors (Lipinski definition) is 1.